The highest BCUT2D eigenvalue weighted by atomic mass is 19.1. The number of nitrogens with two attached hydrogens (primary N) is 1. The number of amides is 1. The standard InChI is InChI=1S/C11H16FN3O2/c1-17-5-4-14-11(16)7-15-10-3-2-8(12)6-9(10)13/h2-3,6,15H,4-5,7,13H2,1H3,(H,14,16). The van der Waals surface area contributed by atoms with E-state index in [1.54, 1.807) is 7.11 Å². The molecule has 0 aromatic heterocycles. The molecule has 0 atom stereocenters. The highest BCUT2D eigenvalue weighted by Crippen LogP contribution is 2.18. The summed E-state index contributed by atoms with van der Waals surface area (Å²) in [5.41, 5.74) is 6.38. The van der Waals surface area contributed by atoms with Crippen LogP contribution in [0.4, 0.5) is 15.8 Å². The number of carbonyl (C=O) groups excluding carboxylic acids is 1. The van der Waals surface area contributed by atoms with Crippen LogP contribution < -0.4 is 16.4 Å². The number of nitrogens with one attached hydrogen (secondary N) is 2. The van der Waals surface area contributed by atoms with E-state index in [0.717, 1.165) is 0 Å². The van der Waals surface area contributed by atoms with Gasteiger partial charge in [-0.05, 0) is 18.2 Å². The van der Waals surface area contributed by atoms with Crippen molar-refractivity contribution in [2.45, 2.75) is 0 Å². The first kappa shape index (κ1) is 13.2. The maximum Gasteiger partial charge on any atom is 0.239 e. The van der Waals surface area contributed by atoms with Gasteiger partial charge in [-0.2, -0.15) is 0 Å². The van der Waals surface area contributed by atoms with Crippen molar-refractivity contribution in [3.8, 4) is 0 Å². The number of benzene rings is 1. The fourth-order valence-electron chi connectivity index (χ4n) is 1.23. The van der Waals surface area contributed by atoms with Crippen molar-refractivity contribution in [1.82, 2.24) is 5.32 Å². The SMILES string of the molecule is COCCNC(=O)CNc1ccc(F)cc1N. The van der Waals surface area contributed by atoms with Crippen molar-refractivity contribution in [1.29, 1.82) is 0 Å². The zero-order chi connectivity index (χ0) is 12.7. The number of carbonyl (C=O) groups is 1. The van der Waals surface area contributed by atoms with Gasteiger partial charge in [0.1, 0.15) is 5.82 Å². The van der Waals surface area contributed by atoms with Gasteiger partial charge < -0.3 is 21.1 Å². The van der Waals surface area contributed by atoms with Gasteiger partial charge in [0.25, 0.3) is 0 Å². The van der Waals surface area contributed by atoms with Crippen LogP contribution in [-0.4, -0.2) is 32.7 Å². The quantitative estimate of drug-likeness (QED) is 0.503. The summed E-state index contributed by atoms with van der Waals surface area (Å²) in [6.45, 7) is 1.000. The summed E-state index contributed by atoms with van der Waals surface area (Å²) in [7, 11) is 1.56. The molecule has 1 aromatic carbocycles. The van der Waals surface area contributed by atoms with Gasteiger partial charge in [-0.15, -0.1) is 0 Å². The number of ether oxygens (including phenoxy) is 1. The van der Waals surface area contributed by atoms with Crippen molar-refractivity contribution in [3.63, 3.8) is 0 Å². The van der Waals surface area contributed by atoms with Gasteiger partial charge in [-0.1, -0.05) is 0 Å². The Morgan fingerprint density at radius 3 is 2.94 bits per heavy atom. The number of nitrogen functional groups attached to an aromatic ring is 1. The zero-order valence-electron chi connectivity index (χ0n) is 9.63. The molecule has 0 aliphatic carbocycles. The molecule has 6 heteroatoms. The van der Waals surface area contributed by atoms with Crippen LogP contribution in [0.25, 0.3) is 0 Å². The van der Waals surface area contributed by atoms with Gasteiger partial charge in [0.15, 0.2) is 0 Å². The van der Waals surface area contributed by atoms with Crippen LogP contribution in [0.1, 0.15) is 0 Å². The van der Waals surface area contributed by atoms with E-state index in [2.05, 4.69) is 10.6 Å². The third-order valence-electron chi connectivity index (χ3n) is 2.08. The fourth-order valence-corrected chi connectivity index (χ4v) is 1.23. The number of halogens is 1. The molecule has 0 saturated carbocycles. The Bertz CT molecular complexity index is 385. The molecule has 0 aliphatic heterocycles. The first-order chi connectivity index (χ1) is 8.13. The zero-order valence-corrected chi connectivity index (χ0v) is 9.63. The lowest BCUT2D eigenvalue weighted by atomic mass is 10.2. The molecule has 0 unspecified atom stereocenters. The topological polar surface area (TPSA) is 76.4 Å². The molecule has 1 aromatic rings. The minimum Gasteiger partial charge on any atom is -0.397 e. The Kier molecular flexibility index (Phi) is 5.22. The number of hydrogen-bond acceptors (Lipinski definition) is 4. The molecule has 94 valence electrons. The van der Waals surface area contributed by atoms with Crippen LogP contribution in [0.2, 0.25) is 0 Å². The predicted molar refractivity (Wildman–Crippen MR) is 64.2 cm³/mol. The number of anilines is 2. The lowest BCUT2D eigenvalue weighted by Crippen LogP contribution is -2.32. The van der Waals surface area contributed by atoms with Gasteiger partial charge in [0.2, 0.25) is 5.91 Å². The largest absolute Gasteiger partial charge is 0.397 e. The molecule has 0 fully saturated rings. The van der Waals surface area contributed by atoms with E-state index < -0.39 is 5.82 Å². The van der Waals surface area contributed by atoms with Crippen LogP contribution in [0, 0.1) is 5.82 Å². The van der Waals surface area contributed by atoms with Gasteiger partial charge in [-0.3, -0.25) is 4.79 Å². The van der Waals surface area contributed by atoms with Gasteiger partial charge in [0, 0.05) is 13.7 Å². The van der Waals surface area contributed by atoms with Crippen molar-refractivity contribution in [3.05, 3.63) is 24.0 Å². The Morgan fingerprint density at radius 2 is 2.29 bits per heavy atom. The predicted octanol–water partition coefficient (Wildman–Crippen LogP) is 0.582. The van der Waals surface area contributed by atoms with Crippen molar-refractivity contribution >= 4 is 17.3 Å². The maximum absolute atomic E-state index is 12.8. The Balaban J connectivity index is 2.37. The second-order valence-electron chi connectivity index (χ2n) is 3.43. The summed E-state index contributed by atoms with van der Waals surface area (Å²) >= 11 is 0. The molecule has 5 nitrogen and oxygen atoms in total. The van der Waals surface area contributed by atoms with Crippen LogP contribution in [0.5, 0.6) is 0 Å². The molecule has 0 saturated heterocycles. The smallest absolute Gasteiger partial charge is 0.239 e. The van der Waals surface area contributed by atoms with E-state index >= 15 is 0 Å². The van der Waals surface area contributed by atoms with Crippen molar-refractivity contribution in [2.24, 2.45) is 0 Å². The summed E-state index contributed by atoms with van der Waals surface area (Å²) < 4.78 is 17.5. The molecule has 0 aliphatic rings. The van der Waals surface area contributed by atoms with Crippen LogP contribution >= 0.6 is 0 Å². The molecule has 4 N–H and O–H groups in total. The van der Waals surface area contributed by atoms with Crippen LogP contribution in [0.15, 0.2) is 18.2 Å². The molecular formula is C11H16FN3O2. The normalized spacial score (nSPS) is 10.0. The number of hydrogen-bond donors (Lipinski definition) is 3. The minimum absolute atomic E-state index is 0.0829. The fraction of sp³-hybridized carbons (Fsp3) is 0.364. The monoisotopic (exact) mass is 241 g/mol. The lowest BCUT2D eigenvalue weighted by Gasteiger charge is -2.09. The molecule has 0 heterocycles. The summed E-state index contributed by atoms with van der Waals surface area (Å²) in [4.78, 5) is 11.3. The summed E-state index contributed by atoms with van der Waals surface area (Å²) in [5, 5.41) is 5.47. The molecule has 0 bridgehead atoms. The van der Waals surface area contributed by atoms with Crippen molar-refractivity contribution in [2.75, 3.05) is 37.9 Å². The van der Waals surface area contributed by atoms with E-state index in [1.807, 2.05) is 0 Å². The second kappa shape index (κ2) is 6.70. The first-order valence-electron chi connectivity index (χ1n) is 5.18. The van der Waals surface area contributed by atoms with E-state index in [0.29, 0.717) is 18.8 Å². The molecular weight excluding hydrogens is 225 g/mol. The van der Waals surface area contributed by atoms with Gasteiger partial charge in [-0.25, -0.2) is 4.39 Å². The third-order valence-corrected chi connectivity index (χ3v) is 2.08. The van der Waals surface area contributed by atoms with E-state index in [-0.39, 0.29) is 18.1 Å². The summed E-state index contributed by atoms with van der Waals surface area (Å²) in [5.74, 6) is -0.580. The van der Waals surface area contributed by atoms with Gasteiger partial charge in [0.05, 0.1) is 24.5 Å². The van der Waals surface area contributed by atoms with Crippen molar-refractivity contribution < 1.29 is 13.9 Å². The highest BCUT2D eigenvalue weighted by Gasteiger charge is 2.03. The molecule has 1 amide bonds. The minimum atomic E-state index is -0.405. The van der Waals surface area contributed by atoms with E-state index in [4.69, 9.17) is 10.5 Å². The number of methoxy groups -OCH3 is 1. The maximum atomic E-state index is 12.8. The Labute approximate surface area is 99.1 Å². The lowest BCUT2D eigenvalue weighted by molar-refractivity contribution is -0.119. The Morgan fingerprint density at radius 1 is 1.53 bits per heavy atom. The highest BCUT2D eigenvalue weighted by molar-refractivity contribution is 5.82. The average Bonchev–Trinajstić information content (AvgIpc) is 2.28. The average molecular weight is 241 g/mol. The molecule has 17 heavy (non-hydrogen) atoms. The third kappa shape index (κ3) is 4.69. The van der Waals surface area contributed by atoms with Crippen LogP contribution in [0.3, 0.4) is 0 Å². The molecule has 0 radical (unpaired) electrons. The second-order valence-corrected chi connectivity index (χ2v) is 3.43. The summed E-state index contributed by atoms with van der Waals surface area (Å²) in [6, 6.07) is 3.97. The van der Waals surface area contributed by atoms with Gasteiger partial charge >= 0.3 is 0 Å². The van der Waals surface area contributed by atoms with E-state index in [1.165, 1.54) is 18.2 Å². The Hall–Kier alpha value is -1.82. The first-order valence-corrected chi connectivity index (χ1v) is 5.18. The molecule has 0 spiro atoms. The van der Waals surface area contributed by atoms with Crippen LogP contribution in [-0.2, 0) is 9.53 Å². The number of rotatable bonds is 6. The summed E-state index contributed by atoms with van der Waals surface area (Å²) in [6.07, 6.45) is 0. The van der Waals surface area contributed by atoms with E-state index in [9.17, 15) is 9.18 Å². The molecule has 1 rings (SSSR count).